The summed E-state index contributed by atoms with van der Waals surface area (Å²) in [6.45, 7) is 1.78. The maximum atomic E-state index is 13.0. The molecule has 118 valence electrons. The third-order valence-electron chi connectivity index (χ3n) is 3.69. The van der Waals surface area contributed by atoms with Crippen molar-refractivity contribution in [1.82, 2.24) is 4.90 Å². The first-order valence-corrected chi connectivity index (χ1v) is 9.51. The summed E-state index contributed by atoms with van der Waals surface area (Å²) in [6.07, 6.45) is 0. The molecule has 2 atom stereocenters. The first kappa shape index (κ1) is 15.5. The second-order valence-corrected chi connectivity index (χ2v) is 8.83. The monoisotopic (exact) mass is 342 g/mol. The zero-order valence-corrected chi connectivity index (χ0v) is 13.5. The van der Waals surface area contributed by atoms with Crippen LogP contribution in [0.5, 0.6) is 0 Å². The van der Waals surface area contributed by atoms with Crippen molar-refractivity contribution in [3.05, 3.63) is 35.6 Å². The molecule has 2 saturated heterocycles. The first-order chi connectivity index (χ1) is 10.3. The Hall–Kier alpha value is -1.41. The molecule has 1 amide bonds. The number of carbonyl (C=O) groups excluding carboxylic acids is 1. The number of amidine groups is 1. The molecule has 0 bridgehead atoms. The van der Waals surface area contributed by atoms with Crippen LogP contribution in [0.3, 0.4) is 0 Å². The maximum absolute atomic E-state index is 13.0. The second kappa shape index (κ2) is 5.66. The van der Waals surface area contributed by atoms with Crippen molar-refractivity contribution < 1.29 is 17.6 Å². The third kappa shape index (κ3) is 3.17. The summed E-state index contributed by atoms with van der Waals surface area (Å²) in [4.78, 5) is 17.1. The van der Waals surface area contributed by atoms with Gasteiger partial charge < -0.3 is 4.90 Å². The van der Waals surface area contributed by atoms with Crippen LogP contribution in [0, 0.1) is 5.82 Å². The van der Waals surface area contributed by atoms with Gasteiger partial charge in [0.15, 0.2) is 15.0 Å². The summed E-state index contributed by atoms with van der Waals surface area (Å²) in [6, 6.07) is 5.86. The molecule has 2 heterocycles. The van der Waals surface area contributed by atoms with Crippen LogP contribution in [0.15, 0.2) is 29.3 Å². The zero-order chi connectivity index (χ0) is 15.9. The van der Waals surface area contributed by atoms with E-state index in [0.717, 1.165) is 5.56 Å². The summed E-state index contributed by atoms with van der Waals surface area (Å²) >= 11 is 1.34. The SMILES string of the molecule is CC(=O)N=C1S[C@@H]2CS(=O)(=O)C[C@@H]2N1Cc1ccc(F)cc1. The highest BCUT2D eigenvalue weighted by Crippen LogP contribution is 2.38. The van der Waals surface area contributed by atoms with E-state index in [1.54, 1.807) is 12.1 Å². The molecular weight excluding hydrogens is 327 g/mol. The van der Waals surface area contributed by atoms with Crippen molar-refractivity contribution in [2.24, 2.45) is 4.99 Å². The largest absolute Gasteiger partial charge is 0.342 e. The summed E-state index contributed by atoms with van der Waals surface area (Å²) in [5.74, 6) is -0.449. The average molecular weight is 342 g/mol. The number of sulfone groups is 1. The number of nitrogens with zero attached hydrogens (tertiary/aromatic N) is 2. The van der Waals surface area contributed by atoms with Crippen molar-refractivity contribution >= 4 is 32.7 Å². The minimum Gasteiger partial charge on any atom is -0.342 e. The van der Waals surface area contributed by atoms with E-state index in [0.29, 0.717) is 11.7 Å². The first-order valence-electron chi connectivity index (χ1n) is 6.81. The van der Waals surface area contributed by atoms with E-state index < -0.39 is 9.84 Å². The van der Waals surface area contributed by atoms with E-state index in [-0.39, 0.29) is 34.5 Å². The van der Waals surface area contributed by atoms with E-state index in [9.17, 15) is 17.6 Å². The van der Waals surface area contributed by atoms with Gasteiger partial charge >= 0.3 is 0 Å². The number of fused-ring (bicyclic) bond motifs is 1. The Balaban J connectivity index is 1.89. The predicted molar refractivity (Wildman–Crippen MR) is 83.9 cm³/mol. The lowest BCUT2D eigenvalue weighted by molar-refractivity contribution is -0.115. The molecule has 3 rings (SSSR count). The van der Waals surface area contributed by atoms with Crippen molar-refractivity contribution in [2.75, 3.05) is 11.5 Å². The van der Waals surface area contributed by atoms with Crippen molar-refractivity contribution in [2.45, 2.75) is 24.8 Å². The van der Waals surface area contributed by atoms with Gasteiger partial charge in [0.05, 0.1) is 17.5 Å². The minimum absolute atomic E-state index is 0.0722. The Labute approximate surface area is 132 Å². The van der Waals surface area contributed by atoms with Crippen LogP contribution in [0.25, 0.3) is 0 Å². The fraction of sp³-hybridized carbons (Fsp3) is 0.429. The summed E-state index contributed by atoms with van der Waals surface area (Å²) in [5.41, 5.74) is 0.850. The molecule has 2 aliphatic rings. The van der Waals surface area contributed by atoms with Gasteiger partial charge in [0, 0.05) is 18.7 Å². The van der Waals surface area contributed by atoms with Gasteiger partial charge in [-0.2, -0.15) is 4.99 Å². The van der Waals surface area contributed by atoms with Gasteiger partial charge in [-0.15, -0.1) is 0 Å². The quantitative estimate of drug-likeness (QED) is 0.814. The second-order valence-electron chi connectivity index (χ2n) is 5.47. The molecule has 2 aliphatic heterocycles. The number of thioether (sulfide) groups is 1. The van der Waals surface area contributed by atoms with Crippen LogP contribution >= 0.6 is 11.8 Å². The number of carbonyl (C=O) groups is 1. The van der Waals surface area contributed by atoms with Gasteiger partial charge in [-0.25, -0.2) is 12.8 Å². The zero-order valence-electron chi connectivity index (χ0n) is 11.9. The molecule has 0 radical (unpaired) electrons. The van der Waals surface area contributed by atoms with Gasteiger partial charge in [0.25, 0.3) is 0 Å². The molecule has 1 aromatic rings. The van der Waals surface area contributed by atoms with Crippen LogP contribution in [-0.4, -0.2) is 47.2 Å². The van der Waals surface area contributed by atoms with Gasteiger partial charge in [0.1, 0.15) is 5.82 Å². The van der Waals surface area contributed by atoms with E-state index in [1.807, 2.05) is 4.90 Å². The van der Waals surface area contributed by atoms with Gasteiger partial charge in [-0.3, -0.25) is 4.79 Å². The number of amides is 1. The van der Waals surface area contributed by atoms with Crippen LogP contribution < -0.4 is 0 Å². The third-order valence-corrected chi connectivity index (χ3v) is 6.94. The molecule has 0 saturated carbocycles. The van der Waals surface area contributed by atoms with Crippen molar-refractivity contribution in [3.8, 4) is 0 Å². The van der Waals surface area contributed by atoms with Gasteiger partial charge in [-0.05, 0) is 17.7 Å². The molecule has 8 heteroatoms. The number of hydrogen-bond acceptors (Lipinski definition) is 4. The molecule has 0 spiro atoms. The topological polar surface area (TPSA) is 66.8 Å². The molecule has 5 nitrogen and oxygen atoms in total. The van der Waals surface area contributed by atoms with Crippen LogP contribution in [0.2, 0.25) is 0 Å². The van der Waals surface area contributed by atoms with E-state index in [1.165, 1.54) is 30.8 Å². The fourth-order valence-electron chi connectivity index (χ4n) is 2.74. The lowest BCUT2D eigenvalue weighted by Gasteiger charge is -2.24. The fourth-order valence-corrected chi connectivity index (χ4v) is 6.74. The Morgan fingerprint density at radius 2 is 2.05 bits per heavy atom. The number of rotatable bonds is 2. The highest BCUT2D eigenvalue weighted by molar-refractivity contribution is 8.15. The molecule has 0 aliphatic carbocycles. The normalized spacial score (nSPS) is 28.1. The number of hydrogen-bond donors (Lipinski definition) is 0. The van der Waals surface area contributed by atoms with Crippen LogP contribution in [-0.2, 0) is 21.2 Å². The Bertz CT molecular complexity index is 731. The number of benzene rings is 1. The Morgan fingerprint density at radius 3 is 2.68 bits per heavy atom. The summed E-state index contributed by atoms with van der Waals surface area (Å²) < 4.78 is 36.6. The van der Waals surface area contributed by atoms with Crippen LogP contribution in [0.4, 0.5) is 4.39 Å². The molecule has 1 aromatic carbocycles. The molecule has 2 fully saturated rings. The average Bonchev–Trinajstić information content (AvgIpc) is 2.85. The van der Waals surface area contributed by atoms with E-state index >= 15 is 0 Å². The standard InChI is InChI=1S/C14H15FN2O3S2/c1-9(18)16-14-17(6-10-2-4-11(15)5-3-10)12-7-22(19,20)8-13(12)21-14/h2-5,12-13H,6-8H2,1H3/t12-,13+/m0/s1. The molecule has 0 N–H and O–H groups in total. The summed E-state index contributed by atoms with van der Waals surface area (Å²) in [5, 5.41) is 0.463. The van der Waals surface area contributed by atoms with Gasteiger partial charge in [0.2, 0.25) is 5.91 Å². The minimum atomic E-state index is -3.05. The lowest BCUT2D eigenvalue weighted by atomic mass is 10.1. The molecule has 0 aromatic heterocycles. The maximum Gasteiger partial charge on any atom is 0.244 e. The van der Waals surface area contributed by atoms with Crippen molar-refractivity contribution in [1.29, 1.82) is 0 Å². The summed E-state index contributed by atoms with van der Waals surface area (Å²) in [7, 11) is -3.05. The Kier molecular flexibility index (Phi) is 3.98. The smallest absolute Gasteiger partial charge is 0.244 e. The van der Waals surface area contributed by atoms with Gasteiger partial charge in [-0.1, -0.05) is 23.9 Å². The van der Waals surface area contributed by atoms with Crippen LogP contribution in [0.1, 0.15) is 12.5 Å². The van der Waals surface area contributed by atoms with E-state index in [4.69, 9.17) is 0 Å². The molecular formula is C14H15FN2O3S2. The predicted octanol–water partition coefficient (Wildman–Crippen LogP) is 1.44. The highest BCUT2D eigenvalue weighted by atomic mass is 32.2. The number of aliphatic imine (C=N–C) groups is 1. The van der Waals surface area contributed by atoms with Crippen molar-refractivity contribution in [3.63, 3.8) is 0 Å². The Morgan fingerprint density at radius 1 is 1.36 bits per heavy atom. The molecule has 22 heavy (non-hydrogen) atoms. The van der Waals surface area contributed by atoms with E-state index in [2.05, 4.69) is 4.99 Å². The molecule has 0 unspecified atom stereocenters. The highest BCUT2D eigenvalue weighted by Gasteiger charge is 2.48. The number of halogens is 1. The lowest BCUT2D eigenvalue weighted by Crippen LogP contribution is -2.37.